The van der Waals surface area contributed by atoms with Gasteiger partial charge in [0.2, 0.25) is 0 Å². The molecule has 5 aromatic carbocycles. The second kappa shape index (κ2) is 5.08. The number of fused-ring (bicyclic) bond motifs is 4. The fraction of sp³-hybridized carbons (Fsp3) is 0. The molecule has 0 aliphatic carbocycles. The van der Waals surface area contributed by atoms with Gasteiger partial charge in [-0.3, -0.25) is 0 Å². The Labute approximate surface area is 134 Å². The van der Waals surface area contributed by atoms with Crippen molar-refractivity contribution in [2.24, 2.45) is 0 Å². The third-order valence-electron chi connectivity index (χ3n) is 4.52. The molecule has 1 heteroatoms. The summed E-state index contributed by atoms with van der Waals surface area (Å²) in [5.74, 6) is 0. The second-order valence-electron chi connectivity index (χ2n) is 5.95. The number of hydrogen-bond acceptors (Lipinski definition) is 1. The Hall–Kier alpha value is -2.90. The standard InChI is InChI=1S/C22H14.H3N/c1-2-6-16-10-20-14-22-12-18-8-4-3-7-17(18)11-21(22)13-19(20)9-15(16)5-1;/h1-14H;1H3. The van der Waals surface area contributed by atoms with Crippen LogP contribution in [-0.4, -0.2) is 0 Å². The third kappa shape index (κ3) is 2.14. The van der Waals surface area contributed by atoms with Gasteiger partial charge in [-0.15, -0.1) is 0 Å². The van der Waals surface area contributed by atoms with Gasteiger partial charge in [-0.05, 0) is 79.5 Å². The molecular weight excluding hydrogens is 278 g/mol. The maximum Gasteiger partial charge on any atom is -0.0171 e. The molecule has 3 N–H and O–H groups in total. The lowest BCUT2D eigenvalue weighted by molar-refractivity contribution is 1.78. The first-order valence-corrected chi connectivity index (χ1v) is 7.62. The SMILES string of the molecule is N.c1ccc2cc3cc4cc5ccccc5cc4cc3cc2c1. The number of benzene rings is 5. The molecule has 23 heavy (non-hydrogen) atoms. The lowest BCUT2D eigenvalue weighted by Gasteiger charge is -2.07. The highest BCUT2D eigenvalue weighted by Crippen LogP contribution is 2.29. The summed E-state index contributed by atoms with van der Waals surface area (Å²) in [5, 5.41) is 10.4. The largest absolute Gasteiger partial charge is 0.344 e. The molecule has 110 valence electrons. The Morgan fingerprint density at radius 2 is 0.522 bits per heavy atom. The van der Waals surface area contributed by atoms with Gasteiger partial charge in [0, 0.05) is 0 Å². The van der Waals surface area contributed by atoms with Crippen molar-refractivity contribution in [3.63, 3.8) is 0 Å². The molecule has 0 heterocycles. The molecule has 5 aromatic rings. The normalized spacial score (nSPS) is 11.1. The van der Waals surface area contributed by atoms with Crippen LogP contribution in [0.25, 0.3) is 43.1 Å². The van der Waals surface area contributed by atoms with Gasteiger partial charge in [0.05, 0.1) is 0 Å². The molecule has 1 nitrogen and oxygen atoms in total. The predicted octanol–water partition coefficient (Wildman–Crippen LogP) is 6.46. The van der Waals surface area contributed by atoms with Crippen LogP contribution < -0.4 is 6.15 Å². The minimum absolute atomic E-state index is 0. The molecule has 0 saturated carbocycles. The highest BCUT2D eigenvalue weighted by molar-refractivity contribution is 6.08. The molecule has 0 unspecified atom stereocenters. The van der Waals surface area contributed by atoms with Crippen LogP contribution in [0.4, 0.5) is 0 Å². The molecule has 0 atom stereocenters. The van der Waals surface area contributed by atoms with Crippen molar-refractivity contribution >= 4 is 43.1 Å². The molecule has 5 rings (SSSR count). The van der Waals surface area contributed by atoms with Crippen molar-refractivity contribution in [2.75, 3.05) is 0 Å². The molecule has 0 aromatic heterocycles. The van der Waals surface area contributed by atoms with Crippen molar-refractivity contribution in [2.45, 2.75) is 0 Å². The van der Waals surface area contributed by atoms with E-state index in [-0.39, 0.29) is 6.15 Å². The van der Waals surface area contributed by atoms with E-state index in [0.717, 1.165) is 0 Å². The molecule has 0 radical (unpaired) electrons. The van der Waals surface area contributed by atoms with Crippen molar-refractivity contribution in [1.82, 2.24) is 6.15 Å². The fourth-order valence-electron chi connectivity index (χ4n) is 3.39. The van der Waals surface area contributed by atoms with Gasteiger partial charge in [0.1, 0.15) is 0 Å². The molecule has 0 aliphatic rings. The highest BCUT2D eigenvalue weighted by Gasteiger charge is 2.02. The first-order chi connectivity index (χ1) is 10.9. The Bertz CT molecular complexity index is 988. The Morgan fingerprint density at radius 1 is 0.304 bits per heavy atom. The van der Waals surface area contributed by atoms with Gasteiger partial charge < -0.3 is 6.15 Å². The summed E-state index contributed by atoms with van der Waals surface area (Å²) in [7, 11) is 0. The number of hydrogen-bond donors (Lipinski definition) is 1. The molecule has 0 bridgehead atoms. The van der Waals surface area contributed by atoms with Gasteiger partial charge in [-0.2, -0.15) is 0 Å². The van der Waals surface area contributed by atoms with Gasteiger partial charge in [0.25, 0.3) is 0 Å². The molecule has 0 spiro atoms. The summed E-state index contributed by atoms with van der Waals surface area (Å²) in [6.07, 6.45) is 0. The first kappa shape index (κ1) is 13.7. The van der Waals surface area contributed by atoms with E-state index >= 15 is 0 Å². The van der Waals surface area contributed by atoms with Crippen molar-refractivity contribution in [3.8, 4) is 0 Å². The minimum Gasteiger partial charge on any atom is -0.344 e. The van der Waals surface area contributed by atoms with Crippen molar-refractivity contribution in [3.05, 3.63) is 84.9 Å². The summed E-state index contributed by atoms with van der Waals surface area (Å²) in [4.78, 5) is 0. The van der Waals surface area contributed by atoms with E-state index in [2.05, 4.69) is 84.9 Å². The average molecular weight is 295 g/mol. The number of rotatable bonds is 0. The van der Waals surface area contributed by atoms with Crippen molar-refractivity contribution < 1.29 is 0 Å². The fourth-order valence-corrected chi connectivity index (χ4v) is 3.39. The van der Waals surface area contributed by atoms with Crippen LogP contribution in [0.5, 0.6) is 0 Å². The van der Waals surface area contributed by atoms with E-state index in [1.165, 1.54) is 43.1 Å². The zero-order valence-electron chi connectivity index (χ0n) is 12.8. The van der Waals surface area contributed by atoms with Gasteiger partial charge in [-0.25, -0.2) is 0 Å². The van der Waals surface area contributed by atoms with Crippen LogP contribution in [0.2, 0.25) is 0 Å². The van der Waals surface area contributed by atoms with Crippen LogP contribution in [0.15, 0.2) is 84.9 Å². The quantitative estimate of drug-likeness (QED) is 0.327. The van der Waals surface area contributed by atoms with E-state index in [1.54, 1.807) is 0 Å². The Balaban J connectivity index is 0.00000135. The molecule has 0 saturated heterocycles. The van der Waals surface area contributed by atoms with Crippen LogP contribution in [0.1, 0.15) is 0 Å². The van der Waals surface area contributed by atoms with Crippen molar-refractivity contribution in [1.29, 1.82) is 0 Å². The molecule has 0 amide bonds. The lowest BCUT2D eigenvalue weighted by atomic mass is 9.97. The molecule has 0 fully saturated rings. The van der Waals surface area contributed by atoms with E-state index < -0.39 is 0 Å². The average Bonchev–Trinajstić information content (AvgIpc) is 2.56. The van der Waals surface area contributed by atoms with E-state index in [4.69, 9.17) is 0 Å². The lowest BCUT2D eigenvalue weighted by Crippen LogP contribution is -1.80. The van der Waals surface area contributed by atoms with Gasteiger partial charge in [0.15, 0.2) is 0 Å². The summed E-state index contributed by atoms with van der Waals surface area (Å²) < 4.78 is 0. The van der Waals surface area contributed by atoms with Crippen LogP contribution in [0, 0.1) is 0 Å². The predicted molar refractivity (Wildman–Crippen MR) is 101 cm³/mol. The van der Waals surface area contributed by atoms with Gasteiger partial charge >= 0.3 is 0 Å². The monoisotopic (exact) mass is 295 g/mol. The topological polar surface area (TPSA) is 35.0 Å². The molecule has 0 aliphatic heterocycles. The first-order valence-electron chi connectivity index (χ1n) is 7.62. The summed E-state index contributed by atoms with van der Waals surface area (Å²) >= 11 is 0. The Kier molecular flexibility index (Phi) is 3.03. The van der Waals surface area contributed by atoms with E-state index in [9.17, 15) is 0 Å². The molecular formula is C22H17N. The third-order valence-corrected chi connectivity index (χ3v) is 4.52. The van der Waals surface area contributed by atoms with E-state index in [1.807, 2.05) is 0 Å². The highest BCUT2D eigenvalue weighted by atomic mass is 14.1. The minimum atomic E-state index is 0. The summed E-state index contributed by atoms with van der Waals surface area (Å²) in [6, 6.07) is 30.9. The zero-order valence-corrected chi connectivity index (χ0v) is 12.8. The zero-order chi connectivity index (χ0) is 14.5. The summed E-state index contributed by atoms with van der Waals surface area (Å²) in [6.45, 7) is 0. The van der Waals surface area contributed by atoms with Gasteiger partial charge in [-0.1, -0.05) is 48.5 Å². The second-order valence-corrected chi connectivity index (χ2v) is 5.95. The van der Waals surface area contributed by atoms with Crippen LogP contribution in [-0.2, 0) is 0 Å². The smallest absolute Gasteiger partial charge is 0.0171 e. The maximum atomic E-state index is 2.31. The maximum absolute atomic E-state index is 2.31. The van der Waals surface area contributed by atoms with Crippen LogP contribution in [0.3, 0.4) is 0 Å². The summed E-state index contributed by atoms with van der Waals surface area (Å²) in [5.41, 5.74) is 0. The van der Waals surface area contributed by atoms with Crippen LogP contribution >= 0.6 is 0 Å². The van der Waals surface area contributed by atoms with E-state index in [0.29, 0.717) is 0 Å². The Morgan fingerprint density at radius 3 is 0.783 bits per heavy atom.